The molecule has 1 aliphatic rings. The van der Waals surface area contributed by atoms with Gasteiger partial charge in [-0.2, -0.15) is 0 Å². The number of likely N-dealkylation sites (tertiary alicyclic amines) is 1. The fourth-order valence-corrected chi connectivity index (χ4v) is 5.26. The lowest BCUT2D eigenvalue weighted by Crippen LogP contribution is -2.31. The van der Waals surface area contributed by atoms with Gasteiger partial charge in [0.15, 0.2) is 0 Å². The van der Waals surface area contributed by atoms with Gasteiger partial charge < -0.3 is 15.5 Å². The molecule has 4 aromatic rings. The number of aromatic nitrogens is 4. The van der Waals surface area contributed by atoms with E-state index in [1.165, 1.54) is 6.33 Å². The Hall–Kier alpha value is -3.34. The maximum absolute atomic E-state index is 13.1. The van der Waals surface area contributed by atoms with Crippen molar-refractivity contribution >= 4 is 58.8 Å². The molecule has 0 aliphatic carbocycles. The van der Waals surface area contributed by atoms with Crippen LogP contribution in [-0.4, -0.2) is 68.9 Å². The van der Waals surface area contributed by atoms with Crippen LogP contribution in [0.3, 0.4) is 0 Å². The molecule has 0 unspecified atom stereocenters. The van der Waals surface area contributed by atoms with E-state index in [2.05, 4.69) is 54.5 Å². The average molecular weight is 614 g/mol. The largest absolute Gasteiger partial charge is 0.324 e. The average Bonchev–Trinajstić information content (AvgIpc) is 3.42. The number of nitrogens with zero attached hydrogens (tertiary/aromatic N) is 6. The van der Waals surface area contributed by atoms with Crippen molar-refractivity contribution in [3.05, 3.63) is 88.1 Å². The van der Waals surface area contributed by atoms with Gasteiger partial charge in [-0.1, -0.05) is 29.3 Å². The lowest BCUT2D eigenvalue weighted by molar-refractivity contribution is 0.102. The minimum absolute atomic E-state index is 0. The molecule has 1 aliphatic heterocycles. The number of amides is 1. The van der Waals surface area contributed by atoms with Crippen molar-refractivity contribution in [1.82, 2.24) is 29.7 Å². The number of hydrogen-bond acceptors (Lipinski definition) is 8. The van der Waals surface area contributed by atoms with Gasteiger partial charge in [0.2, 0.25) is 5.95 Å². The highest BCUT2D eigenvalue weighted by molar-refractivity contribution is 6.36. The fourth-order valence-electron chi connectivity index (χ4n) is 4.66. The quantitative estimate of drug-likeness (QED) is 0.246. The molecule has 214 valence electrons. The Morgan fingerprint density at radius 3 is 2.51 bits per heavy atom. The maximum Gasteiger partial charge on any atom is 0.255 e. The van der Waals surface area contributed by atoms with Crippen LogP contribution in [0.25, 0.3) is 11.3 Å². The van der Waals surface area contributed by atoms with Gasteiger partial charge >= 0.3 is 0 Å². The van der Waals surface area contributed by atoms with E-state index in [4.69, 9.17) is 23.2 Å². The predicted molar refractivity (Wildman–Crippen MR) is 167 cm³/mol. The van der Waals surface area contributed by atoms with Crippen LogP contribution in [0.1, 0.15) is 27.9 Å². The molecule has 41 heavy (non-hydrogen) atoms. The molecule has 0 spiro atoms. The third kappa shape index (κ3) is 7.49. The Balaban J connectivity index is 0.00000387. The number of aryl methyl sites for hydroxylation is 1. The molecule has 0 bridgehead atoms. The number of halogens is 3. The Labute approximate surface area is 255 Å². The highest BCUT2D eigenvalue weighted by Crippen LogP contribution is 2.30. The molecule has 1 saturated heterocycles. The van der Waals surface area contributed by atoms with Gasteiger partial charge in [-0.3, -0.25) is 9.69 Å². The zero-order valence-corrected chi connectivity index (χ0v) is 25.3. The van der Waals surface area contributed by atoms with Gasteiger partial charge in [0.1, 0.15) is 6.33 Å². The zero-order chi connectivity index (χ0) is 28.2. The summed E-state index contributed by atoms with van der Waals surface area (Å²) < 4.78 is 0. The summed E-state index contributed by atoms with van der Waals surface area (Å²) in [6, 6.07) is 11.2. The number of carbonyl (C=O) groups is 1. The van der Waals surface area contributed by atoms with Crippen molar-refractivity contribution in [2.24, 2.45) is 0 Å². The van der Waals surface area contributed by atoms with Crippen LogP contribution in [-0.2, 0) is 6.54 Å². The van der Waals surface area contributed by atoms with Crippen molar-refractivity contribution in [2.45, 2.75) is 25.9 Å². The molecule has 2 aromatic heterocycles. The van der Waals surface area contributed by atoms with Gasteiger partial charge in [0.05, 0.1) is 5.69 Å². The minimum Gasteiger partial charge on any atom is -0.324 e. The number of benzene rings is 2. The van der Waals surface area contributed by atoms with Gasteiger partial charge in [-0.15, -0.1) is 12.4 Å². The Morgan fingerprint density at radius 2 is 1.83 bits per heavy atom. The number of likely N-dealkylation sites (N-methyl/N-ethyl adjacent to an activating group) is 1. The Kier molecular flexibility index (Phi) is 10.1. The van der Waals surface area contributed by atoms with Crippen molar-refractivity contribution in [1.29, 1.82) is 0 Å². The summed E-state index contributed by atoms with van der Waals surface area (Å²) in [5.74, 6) is 0.110. The first-order chi connectivity index (χ1) is 19.3. The van der Waals surface area contributed by atoms with E-state index in [0.29, 0.717) is 45.5 Å². The summed E-state index contributed by atoms with van der Waals surface area (Å²) >= 11 is 13.2. The molecule has 1 amide bonds. The highest BCUT2D eigenvalue weighted by Gasteiger charge is 2.25. The third-order valence-corrected chi connectivity index (χ3v) is 7.69. The molecule has 0 saturated carbocycles. The van der Waals surface area contributed by atoms with Gasteiger partial charge in [-0.05, 0) is 63.3 Å². The minimum atomic E-state index is -0.304. The second-order valence-corrected chi connectivity index (χ2v) is 10.9. The first kappa shape index (κ1) is 30.6. The molecule has 3 heterocycles. The number of rotatable bonds is 8. The van der Waals surface area contributed by atoms with E-state index < -0.39 is 0 Å². The maximum atomic E-state index is 13.1. The molecular formula is C29H31Cl3N8O. The summed E-state index contributed by atoms with van der Waals surface area (Å²) in [7, 11) is 4.20. The van der Waals surface area contributed by atoms with E-state index in [9.17, 15) is 4.79 Å². The first-order valence-corrected chi connectivity index (χ1v) is 13.7. The molecule has 1 fully saturated rings. The van der Waals surface area contributed by atoms with Crippen LogP contribution in [0.2, 0.25) is 10.0 Å². The van der Waals surface area contributed by atoms with Gasteiger partial charge in [0, 0.05) is 82.4 Å². The fraction of sp³-hybridized carbons (Fsp3) is 0.276. The first-order valence-electron chi connectivity index (χ1n) is 12.9. The molecule has 2 N–H and O–H groups in total. The summed E-state index contributed by atoms with van der Waals surface area (Å²) in [5.41, 5.74) is 5.03. The molecule has 0 radical (unpaired) electrons. The molecule has 12 heteroatoms. The van der Waals surface area contributed by atoms with E-state index in [0.717, 1.165) is 41.9 Å². The summed E-state index contributed by atoms with van der Waals surface area (Å²) in [4.78, 5) is 34.7. The smallest absolute Gasteiger partial charge is 0.255 e. The monoisotopic (exact) mass is 612 g/mol. The second-order valence-electron chi connectivity index (χ2n) is 10.1. The molecule has 1 atom stereocenters. The summed E-state index contributed by atoms with van der Waals surface area (Å²) in [5, 5.41) is 7.15. The third-order valence-electron chi connectivity index (χ3n) is 7.02. The number of carbonyl (C=O) groups excluding carboxylic acids is 1. The molecule has 9 nitrogen and oxygen atoms in total. The van der Waals surface area contributed by atoms with E-state index >= 15 is 0 Å². The molecule has 2 aromatic carbocycles. The van der Waals surface area contributed by atoms with Crippen LogP contribution in [0.15, 0.2) is 61.3 Å². The van der Waals surface area contributed by atoms with E-state index in [1.54, 1.807) is 36.8 Å². The van der Waals surface area contributed by atoms with Gasteiger partial charge in [0.25, 0.3) is 5.91 Å². The van der Waals surface area contributed by atoms with Crippen LogP contribution in [0.5, 0.6) is 0 Å². The number of hydrogen-bond donors (Lipinski definition) is 2. The van der Waals surface area contributed by atoms with Crippen molar-refractivity contribution in [2.75, 3.05) is 37.8 Å². The molecular weight excluding hydrogens is 583 g/mol. The SMILES string of the molecule is Cc1ccc(NC(=O)c2cc(Cl)c(CN3CC[C@H](N(C)C)C3)c(Cl)c2)cc1Nc1nccc(-c2cncnc2)n1.Cl. The summed E-state index contributed by atoms with van der Waals surface area (Å²) in [6.45, 7) is 4.55. The van der Waals surface area contributed by atoms with Crippen LogP contribution in [0.4, 0.5) is 17.3 Å². The predicted octanol–water partition coefficient (Wildman–Crippen LogP) is 6.10. The number of anilines is 3. The van der Waals surface area contributed by atoms with E-state index in [-0.39, 0.29) is 18.3 Å². The van der Waals surface area contributed by atoms with Crippen molar-refractivity contribution < 1.29 is 4.79 Å². The van der Waals surface area contributed by atoms with Crippen LogP contribution in [0, 0.1) is 6.92 Å². The number of nitrogens with one attached hydrogen (secondary N) is 2. The van der Waals surface area contributed by atoms with Crippen LogP contribution >= 0.6 is 35.6 Å². The van der Waals surface area contributed by atoms with Crippen molar-refractivity contribution in [3.8, 4) is 11.3 Å². The Morgan fingerprint density at radius 1 is 1.10 bits per heavy atom. The van der Waals surface area contributed by atoms with E-state index in [1.807, 2.05) is 25.1 Å². The standard InChI is InChI=1S/C29H30Cl2N8O.ClH/c1-18-4-5-21(12-27(18)37-29-34-8-6-26(36-29)20-13-32-17-33-14-20)35-28(40)19-10-24(30)23(25(31)11-19)16-39-9-7-22(15-39)38(2)3;/h4-6,8,10-14,17,22H,7,9,15-16H2,1-3H3,(H,35,40)(H,34,36,37);1H/t22-;/m0./s1. The zero-order valence-electron chi connectivity index (χ0n) is 22.9. The van der Waals surface area contributed by atoms with Gasteiger partial charge in [-0.25, -0.2) is 19.9 Å². The Bertz CT molecular complexity index is 1500. The molecule has 5 rings (SSSR count). The summed E-state index contributed by atoms with van der Waals surface area (Å²) in [6.07, 6.45) is 7.63. The lowest BCUT2D eigenvalue weighted by atomic mass is 10.1. The highest BCUT2D eigenvalue weighted by atomic mass is 35.5. The lowest BCUT2D eigenvalue weighted by Gasteiger charge is -2.21. The second kappa shape index (κ2) is 13.5. The van der Waals surface area contributed by atoms with Crippen molar-refractivity contribution in [3.63, 3.8) is 0 Å². The topological polar surface area (TPSA) is 99.2 Å². The normalized spacial score (nSPS) is 15.0. The van der Waals surface area contributed by atoms with Crippen LogP contribution < -0.4 is 10.6 Å².